The molecule has 3 aromatic carbocycles. The number of carbonyl (C=O) groups is 2. The molecule has 0 fully saturated rings. The molecule has 0 spiro atoms. The highest BCUT2D eigenvalue weighted by Crippen LogP contribution is 2.29. The lowest BCUT2D eigenvalue weighted by Crippen LogP contribution is -2.14. The first-order chi connectivity index (χ1) is 16.0. The Balaban J connectivity index is 1.63. The van der Waals surface area contributed by atoms with Crippen molar-refractivity contribution in [3.8, 4) is 17.2 Å². The summed E-state index contributed by atoms with van der Waals surface area (Å²) in [6.45, 7) is 6.34. The van der Waals surface area contributed by atoms with Crippen molar-refractivity contribution in [3.63, 3.8) is 0 Å². The number of hydrogen-bond acceptors (Lipinski definition) is 5. The van der Waals surface area contributed by atoms with Crippen molar-refractivity contribution in [1.82, 2.24) is 0 Å². The molecule has 0 heterocycles. The van der Waals surface area contributed by atoms with E-state index < -0.39 is 0 Å². The predicted molar refractivity (Wildman–Crippen MR) is 128 cm³/mol. The van der Waals surface area contributed by atoms with E-state index in [4.69, 9.17) is 14.2 Å². The number of benzene rings is 3. The molecule has 0 aromatic heterocycles. The van der Waals surface area contributed by atoms with Crippen molar-refractivity contribution in [2.24, 2.45) is 0 Å². The topological polar surface area (TPSA) is 85.9 Å². The number of anilines is 2. The van der Waals surface area contributed by atoms with Crippen LogP contribution in [0.1, 0.15) is 29.8 Å². The van der Waals surface area contributed by atoms with Crippen LogP contribution in [0.3, 0.4) is 0 Å². The van der Waals surface area contributed by atoms with Crippen molar-refractivity contribution in [2.75, 3.05) is 30.5 Å². The van der Waals surface area contributed by atoms with Crippen molar-refractivity contribution in [3.05, 3.63) is 77.9 Å². The molecule has 0 bridgehead atoms. The first kappa shape index (κ1) is 23.7. The highest BCUT2D eigenvalue weighted by atomic mass is 16.5. The van der Waals surface area contributed by atoms with E-state index in [1.165, 1.54) is 6.92 Å². The minimum Gasteiger partial charge on any atom is -0.490 e. The maximum Gasteiger partial charge on any atom is 0.255 e. The molecular weight excluding hydrogens is 420 g/mol. The van der Waals surface area contributed by atoms with E-state index in [-0.39, 0.29) is 11.8 Å². The number of para-hydroxylation sites is 1. The van der Waals surface area contributed by atoms with E-state index in [2.05, 4.69) is 10.6 Å². The van der Waals surface area contributed by atoms with Crippen molar-refractivity contribution < 1.29 is 23.8 Å². The summed E-state index contributed by atoms with van der Waals surface area (Å²) in [6.07, 6.45) is 0. The Bertz CT molecular complexity index is 1100. The second kappa shape index (κ2) is 11.6. The molecule has 0 unspecified atom stereocenters. The number of carbonyl (C=O) groups excluding carboxylic acids is 2. The van der Waals surface area contributed by atoms with Gasteiger partial charge in [0.15, 0.2) is 11.5 Å². The Hall–Kier alpha value is -4.00. The molecular formula is C26H28N2O5. The molecule has 0 atom stereocenters. The summed E-state index contributed by atoms with van der Waals surface area (Å²) in [7, 11) is 0. The van der Waals surface area contributed by atoms with Crippen molar-refractivity contribution in [2.45, 2.75) is 20.8 Å². The summed E-state index contributed by atoms with van der Waals surface area (Å²) in [4.78, 5) is 24.0. The highest BCUT2D eigenvalue weighted by molar-refractivity contribution is 6.05. The molecule has 0 saturated heterocycles. The van der Waals surface area contributed by atoms with Gasteiger partial charge >= 0.3 is 0 Å². The molecule has 2 N–H and O–H groups in total. The Morgan fingerprint density at radius 2 is 1.58 bits per heavy atom. The number of amides is 2. The summed E-state index contributed by atoms with van der Waals surface area (Å²) in [5.41, 5.74) is 2.62. The number of rotatable bonds is 10. The lowest BCUT2D eigenvalue weighted by Gasteiger charge is -2.14. The molecule has 0 aliphatic heterocycles. The fourth-order valence-corrected chi connectivity index (χ4v) is 3.14. The van der Waals surface area contributed by atoms with Crippen LogP contribution in [-0.2, 0) is 4.79 Å². The molecule has 0 saturated carbocycles. The molecule has 7 heteroatoms. The fraction of sp³-hybridized carbons (Fsp3) is 0.231. The van der Waals surface area contributed by atoms with Gasteiger partial charge in [-0.3, -0.25) is 9.59 Å². The van der Waals surface area contributed by atoms with Crippen LogP contribution in [0.4, 0.5) is 11.4 Å². The van der Waals surface area contributed by atoms with Gasteiger partial charge in [0.1, 0.15) is 19.0 Å². The van der Waals surface area contributed by atoms with Crippen molar-refractivity contribution in [1.29, 1.82) is 0 Å². The van der Waals surface area contributed by atoms with Gasteiger partial charge in [0.25, 0.3) is 5.91 Å². The number of ether oxygens (including phenoxy) is 3. The largest absolute Gasteiger partial charge is 0.490 e. The Kier molecular flexibility index (Phi) is 8.30. The van der Waals surface area contributed by atoms with Crippen LogP contribution in [0.5, 0.6) is 17.2 Å². The van der Waals surface area contributed by atoms with Crippen LogP contribution in [0.2, 0.25) is 0 Å². The zero-order valence-corrected chi connectivity index (χ0v) is 19.0. The first-order valence-electron chi connectivity index (χ1n) is 10.7. The van der Waals surface area contributed by atoms with Gasteiger partial charge in [-0.2, -0.15) is 0 Å². The van der Waals surface area contributed by atoms with Crippen LogP contribution in [0.25, 0.3) is 0 Å². The van der Waals surface area contributed by atoms with Gasteiger partial charge in [-0.15, -0.1) is 0 Å². The van der Waals surface area contributed by atoms with Crippen LogP contribution in [-0.4, -0.2) is 31.6 Å². The van der Waals surface area contributed by atoms with Crippen LogP contribution >= 0.6 is 0 Å². The monoisotopic (exact) mass is 448 g/mol. The third-order valence-corrected chi connectivity index (χ3v) is 4.65. The van der Waals surface area contributed by atoms with E-state index in [1.807, 2.05) is 44.2 Å². The predicted octanol–water partition coefficient (Wildman–Crippen LogP) is 5.06. The summed E-state index contributed by atoms with van der Waals surface area (Å²) in [6, 6.07) is 19.9. The van der Waals surface area contributed by atoms with E-state index in [9.17, 15) is 9.59 Å². The van der Waals surface area contributed by atoms with Gasteiger partial charge < -0.3 is 24.8 Å². The van der Waals surface area contributed by atoms with E-state index in [0.717, 1.165) is 11.3 Å². The zero-order chi connectivity index (χ0) is 23.6. The number of aryl methyl sites for hydroxylation is 1. The van der Waals surface area contributed by atoms with E-state index in [0.29, 0.717) is 48.3 Å². The second-order valence-corrected chi connectivity index (χ2v) is 7.27. The zero-order valence-electron chi connectivity index (χ0n) is 19.0. The summed E-state index contributed by atoms with van der Waals surface area (Å²) < 4.78 is 17.1. The number of nitrogens with one attached hydrogen (secondary N) is 2. The summed E-state index contributed by atoms with van der Waals surface area (Å²) >= 11 is 0. The summed E-state index contributed by atoms with van der Waals surface area (Å²) in [5, 5.41) is 5.62. The maximum atomic E-state index is 12.8. The van der Waals surface area contributed by atoms with Crippen LogP contribution in [0.15, 0.2) is 66.7 Å². The molecule has 172 valence electrons. The lowest BCUT2D eigenvalue weighted by molar-refractivity contribution is -0.114. The third-order valence-electron chi connectivity index (χ3n) is 4.65. The molecule has 0 aliphatic carbocycles. The van der Waals surface area contributed by atoms with Crippen LogP contribution in [0, 0.1) is 6.92 Å². The molecule has 2 amide bonds. The number of hydrogen-bond donors (Lipinski definition) is 2. The lowest BCUT2D eigenvalue weighted by atomic mass is 10.1. The van der Waals surface area contributed by atoms with Gasteiger partial charge in [0.2, 0.25) is 5.91 Å². The fourth-order valence-electron chi connectivity index (χ4n) is 3.14. The van der Waals surface area contributed by atoms with Crippen molar-refractivity contribution >= 4 is 23.2 Å². The Morgan fingerprint density at radius 1 is 0.818 bits per heavy atom. The van der Waals surface area contributed by atoms with E-state index in [1.54, 1.807) is 36.4 Å². The molecule has 33 heavy (non-hydrogen) atoms. The molecule has 3 rings (SSSR count). The summed E-state index contributed by atoms with van der Waals surface area (Å²) in [5.74, 6) is 1.38. The Morgan fingerprint density at radius 3 is 2.27 bits per heavy atom. The molecule has 0 radical (unpaired) electrons. The average Bonchev–Trinajstić information content (AvgIpc) is 2.80. The van der Waals surface area contributed by atoms with Gasteiger partial charge in [0.05, 0.1) is 6.61 Å². The molecule has 0 aliphatic rings. The first-order valence-corrected chi connectivity index (χ1v) is 10.7. The minimum absolute atomic E-state index is 0.146. The van der Waals surface area contributed by atoms with Gasteiger partial charge in [-0.05, 0) is 67.9 Å². The highest BCUT2D eigenvalue weighted by Gasteiger charge is 2.13. The molecule has 3 aromatic rings. The average molecular weight is 449 g/mol. The van der Waals surface area contributed by atoms with Gasteiger partial charge in [-0.1, -0.05) is 18.2 Å². The quantitative estimate of drug-likeness (QED) is 0.423. The normalized spacial score (nSPS) is 10.3. The van der Waals surface area contributed by atoms with Gasteiger partial charge in [-0.25, -0.2) is 0 Å². The molecule has 7 nitrogen and oxygen atoms in total. The second-order valence-electron chi connectivity index (χ2n) is 7.27. The maximum absolute atomic E-state index is 12.8. The van der Waals surface area contributed by atoms with Gasteiger partial charge in [0, 0.05) is 23.9 Å². The third kappa shape index (κ3) is 7.00. The SMILES string of the molecule is CCOc1cc(C(=O)Nc2ccc(NC(C)=O)c(C)c2)ccc1OCCOc1ccccc1. The minimum atomic E-state index is -0.276. The standard InChI is InChI=1S/C26H28N2O5/c1-4-31-25-17-20(10-13-24(25)33-15-14-32-22-8-6-5-7-9-22)26(30)28-21-11-12-23(18(2)16-21)27-19(3)29/h5-13,16-17H,4,14-15H2,1-3H3,(H,27,29)(H,28,30). The van der Waals surface area contributed by atoms with E-state index >= 15 is 0 Å². The smallest absolute Gasteiger partial charge is 0.255 e. The Labute approximate surface area is 193 Å². The van der Waals surface area contributed by atoms with Crippen LogP contribution < -0.4 is 24.8 Å².